The van der Waals surface area contributed by atoms with E-state index in [1.54, 1.807) is 25.9 Å². The Bertz CT molecular complexity index is 614. The predicted molar refractivity (Wildman–Crippen MR) is 129 cm³/mol. The third-order valence-corrected chi connectivity index (χ3v) is 5.49. The number of rotatable bonds is 18. The third kappa shape index (κ3) is 10.4. The standard InChI is InChI=1S/C26H43NO5/c1-5-8-9-10-11-12-13-14-15-16-21-27(22-17-19-23(30-4)20-18-22)24(25(28)31-6-2)26(29)32-7-3/h17-20,24H,5-16,21H2,1-4H3. The summed E-state index contributed by atoms with van der Waals surface area (Å²) in [6.07, 6.45) is 12.2. The van der Waals surface area contributed by atoms with Gasteiger partial charge in [-0.2, -0.15) is 0 Å². The molecule has 0 amide bonds. The lowest BCUT2D eigenvalue weighted by atomic mass is 10.1. The zero-order chi connectivity index (χ0) is 23.6. The highest BCUT2D eigenvalue weighted by atomic mass is 16.6. The summed E-state index contributed by atoms with van der Waals surface area (Å²) in [5.41, 5.74) is 0.771. The molecule has 1 aromatic carbocycles. The first-order valence-electron chi connectivity index (χ1n) is 12.3. The number of hydrogen-bond acceptors (Lipinski definition) is 6. The number of carbonyl (C=O) groups excluding carboxylic acids is 2. The van der Waals surface area contributed by atoms with Crippen molar-refractivity contribution in [3.63, 3.8) is 0 Å². The van der Waals surface area contributed by atoms with E-state index in [1.807, 2.05) is 24.3 Å². The minimum absolute atomic E-state index is 0.212. The highest BCUT2D eigenvalue weighted by Crippen LogP contribution is 2.23. The lowest BCUT2D eigenvalue weighted by molar-refractivity contribution is -0.156. The van der Waals surface area contributed by atoms with E-state index in [1.165, 1.54) is 44.9 Å². The van der Waals surface area contributed by atoms with Gasteiger partial charge in [-0.05, 0) is 44.5 Å². The number of carbonyl (C=O) groups is 2. The molecule has 6 nitrogen and oxygen atoms in total. The number of ether oxygens (including phenoxy) is 3. The van der Waals surface area contributed by atoms with Gasteiger partial charge in [0.2, 0.25) is 6.04 Å². The van der Waals surface area contributed by atoms with Crippen LogP contribution in [-0.4, -0.2) is 44.8 Å². The topological polar surface area (TPSA) is 65.1 Å². The van der Waals surface area contributed by atoms with Gasteiger partial charge in [-0.15, -0.1) is 0 Å². The number of methoxy groups -OCH3 is 1. The number of benzene rings is 1. The number of hydrogen-bond donors (Lipinski definition) is 0. The van der Waals surface area contributed by atoms with Crippen molar-refractivity contribution in [2.75, 3.05) is 31.8 Å². The quantitative estimate of drug-likeness (QED) is 0.157. The summed E-state index contributed by atoms with van der Waals surface area (Å²) in [6.45, 7) is 6.71. The first kappa shape index (κ1) is 27.8. The molecule has 0 heterocycles. The Kier molecular flexibility index (Phi) is 15.1. The van der Waals surface area contributed by atoms with Crippen LogP contribution < -0.4 is 9.64 Å². The Hall–Kier alpha value is -2.24. The molecule has 0 aliphatic rings. The van der Waals surface area contributed by atoms with Crippen molar-refractivity contribution in [3.05, 3.63) is 24.3 Å². The first-order valence-corrected chi connectivity index (χ1v) is 12.3. The second-order valence-electron chi connectivity index (χ2n) is 7.98. The Morgan fingerprint density at radius 1 is 0.750 bits per heavy atom. The third-order valence-electron chi connectivity index (χ3n) is 5.49. The molecular formula is C26H43NO5. The van der Waals surface area contributed by atoms with E-state index in [9.17, 15) is 9.59 Å². The van der Waals surface area contributed by atoms with Crippen LogP contribution in [0.1, 0.15) is 85.0 Å². The molecule has 0 aliphatic carbocycles. The fourth-order valence-corrected chi connectivity index (χ4v) is 3.74. The van der Waals surface area contributed by atoms with Crippen molar-refractivity contribution in [1.82, 2.24) is 0 Å². The van der Waals surface area contributed by atoms with Gasteiger partial charge in [0.1, 0.15) is 5.75 Å². The highest BCUT2D eigenvalue weighted by Gasteiger charge is 2.35. The molecule has 0 spiro atoms. The van der Waals surface area contributed by atoms with Crippen molar-refractivity contribution in [2.45, 2.75) is 91.0 Å². The van der Waals surface area contributed by atoms with Crippen LogP contribution in [0.15, 0.2) is 24.3 Å². The van der Waals surface area contributed by atoms with Crippen molar-refractivity contribution in [1.29, 1.82) is 0 Å². The first-order chi connectivity index (χ1) is 15.6. The second-order valence-corrected chi connectivity index (χ2v) is 7.98. The van der Waals surface area contributed by atoms with E-state index in [0.717, 1.165) is 30.7 Å². The van der Waals surface area contributed by atoms with Gasteiger partial charge in [-0.3, -0.25) is 0 Å². The molecule has 0 saturated carbocycles. The van der Waals surface area contributed by atoms with Crippen LogP contribution in [0.25, 0.3) is 0 Å². The summed E-state index contributed by atoms with van der Waals surface area (Å²) >= 11 is 0. The predicted octanol–water partition coefficient (Wildman–Crippen LogP) is 5.92. The molecule has 0 atom stereocenters. The maximum atomic E-state index is 12.7. The van der Waals surface area contributed by atoms with Crippen LogP contribution in [0.4, 0.5) is 5.69 Å². The van der Waals surface area contributed by atoms with Crippen LogP contribution >= 0.6 is 0 Å². The minimum Gasteiger partial charge on any atom is -0.497 e. The Balaban J connectivity index is 2.75. The van der Waals surface area contributed by atoms with Gasteiger partial charge in [0.15, 0.2) is 0 Å². The number of anilines is 1. The van der Waals surface area contributed by atoms with Gasteiger partial charge >= 0.3 is 11.9 Å². The number of nitrogens with zero attached hydrogens (tertiary/aromatic N) is 1. The van der Waals surface area contributed by atoms with E-state index in [-0.39, 0.29) is 13.2 Å². The average Bonchev–Trinajstić information content (AvgIpc) is 2.80. The molecule has 6 heteroatoms. The summed E-state index contributed by atoms with van der Waals surface area (Å²) in [5, 5.41) is 0. The smallest absolute Gasteiger partial charge is 0.340 e. The highest BCUT2D eigenvalue weighted by molar-refractivity contribution is 6.02. The summed E-state index contributed by atoms with van der Waals surface area (Å²) in [5.74, 6) is -0.431. The SMILES string of the molecule is CCCCCCCCCCCCN(c1ccc(OC)cc1)C(C(=O)OCC)C(=O)OCC. The molecule has 0 bridgehead atoms. The molecule has 0 saturated heterocycles. The lowest BCUT2D eigenvalue weighted by Crippen LogP contribution is -2.49. The Morgan fingerprint density at radius 2 is 1.22 bits per heavy atom. The molecule has 0 aromatic heterocycles. The van der Waals surface area contributed by atoms with E-state index in [4.69, 9.17) is 14.2 Å². The maximum Gasteiger partial charge on any atom is 0.340 e. The van der Waals surface area contributed by atoms with Crippen LogP contribution in [0.5, 0.6) is 5.75 Å². The van der Waals surface area contributed by atoms with E-state index < -0.39 is 18.0 Å². The van der Waals surface area contributed by atoms with E-state index in [0.29, 0.717) is 6.54 Å². The van der Waals surface area contributed by atoms with Crippen LogP contribution in [0, 0.1) is 0 Å². The molecule has 1 rings (SSSR count). The zero-order valence-electron chi connectivity index (χ0n) is 20.6. The Morgan fingerprint density at radius 3 is 1.66 bits per heavy atom. The maximum absolute atomic E-state index is 12.7. The van der Waals surface area contributed by atoms with Crippen LogP contribution in [-0.2, 0) is 19.1 Å². The summed E-state index contributed by atoms with van der Waals surface area (Å²) < 4.78 is 15.7. The fourth-order valence-electron chi connectivity index (χ4n) is 3.74. The van der Waals surface area contributed by atoms with Gasteiger partial charge < -0.3 is 19.1 Å². The van der Waals surface area contributed by atoms with Gasteiger partial charge in [-0.25, -0.2) is 9.59 Å². The number of esters is 2. The lowest BCUT2D eigenvalue weighted by Gasteiger charge is -2.30. The van der Waals surface area contributed by atoms with Crippen molar-refractivity contribution >= 4 is 17.6 Å². The second kappa shape index (κ2) is 17.3. The van der Waals surface area contributed by atoms with Crippen LogP contribution in [0.3, 0.4) is 0 Å². The molecule has 182 valence electrons. The van der Waals surface area contributed by atoms with Crippen molar-refractivity contribution < 1.29 is 23.8 Å². The summed E-state index contributed by atoms with van der Waals surface area (Å²) in [7, 11) is 1.61. The molecular weight excluding hydrogens is 406 g/mol. The van der Waals surface area contributed by atoms with Crippen molar-refractivity contribution in [3.8, 4) is 5.75 Å². The van der Waals surface area contributed by atoms with Gasteiger partial charge in [0.25, 0.3) is 0 Å². The minimum atomic E-state index is -1.11. The fraction of sp³-hybridized carbons (Fsp3) is 0.692. The largest absolute Gasteiger partial charge is 0.497 e. The van der Waals surface area contributed by atoms with E-state index in [2.05, 4.69) is 6.92 Å². The monoisotopic (exact) mass is 449 g/mol. The summed E-state index contributed by atoms with van der Waals surface area (Å²) in [4.78, 5) is 27.2. The van der Waals surface area contributed by atoms with Gasteiger partial charge in [-0.1, -0.05) is 64.7 Å². The number of unbranched alkanes of at least 4 members (excludes halogenated alkanes) is 9. The molecule has 0 unspecified atom stereocenters. The molecule has 0 fully saturated rings. The molecule has 1 aromatic rings. The Labute approximate surface area is 194 Å². The molecule has 0 N–H and O–H groups in total. The van der Waals surface area contributed by atoms with Gasteiger partial charge in [0, 0.05) is 12.2 Å². The summed E-state index contributed by atoms with van der Waals surface area (Å²) in [6, 6.07) is 6.27. The normalized spacial score (nSPS) is 10.8. The molecule has 0 aliphatic heterocycles. The average molecular weight is 450 g/mol. The van der Waals surface area contributed by atoms with Crippen molar-refractivity contribution in [2.24, 2.45) is 0 Å². The van der Waals surface area contributed by atoms with Crippen LogP contribution in [0.2, 0.25) is 0 Å². The van der Waals surface area contributed by atoms with E-state index >= 15 is 0 Å². The molecule has 0 radical (unpaired) electrons. The van der Waals surface area contributed by atoms with Gasteiger partial charge in [0.05, 0.1) is 20.3 Å². The zero-order valence-corrected chi connectivity index (χ0v) is 20.6. The molecule has 32 heavy (non-hydrogen) atoms.